The molecule has 21 heavy (non-hydrogen) atoms. The number of amides is 2. The van der Waals surface area contributed by atoms with Gasteiger partial charge in [0.15, 0.2) is 0 Å². The molecule has 0 spiro atoms. The Bertz CT molecular complexity index is 397. The topological polar surface area (TPSA) is 86.7 Å². The highest BCUT2D eigenvalue weighted by Gasteiger charge is 2.37. The van der Waals surface area contributed by atoms with E-state index in [4.69, 9.17) is 5.11 Å². The lowest BCUT2D eigenvalue weighted by Gasteiger charge is -2.24. The van der Waals surface area contributed by atoms with Crippen LogP contribution in [0.2, 0.25) is 0 Å². The smallest absolute Gasteiger partial charge is 0.326 e. The minimum atomic E-state index is -1.02. The van der Waals surface area contributed by atoms with Crippen LogP contribution in [0.1, 0.15) is 52.9 Å². The van der Waals surface area contributed by atoms with Gasteiger partial charge in [-0.3, -0.25) is 9.59 Å². The number of carboxylic acid groups (broad SMARTS) is 1. The van der Waals surface area contributed by atoms with Crippen molar-refractivity contribution in [1.82, 2.24) is 10.2 Å². The molecular formula is C15H26N2O4. The molecule has 0 aromatic heterocycles. The van der Waals surface area contributed by atoms with Crippen molar-refractivity contribution in [1.29, 1.82) is 0 Å². The van der Waals surface area contributed by atoms with Gasteiger partial charge in [-0.15, -0.1) is 0 Å². The molecule has 1 rings (SSSR count). The maximum Gasteiger partial charge on any atom is 0.326 e. The van der Waals surface area contributed by atoms with E-state index in [1.165, 1.54) is 0 Å². The highest BCUT2D eigenvalue weighted by molar-refractivity contribution is 5.91. The van der Waals surface area contributed by atoms with Crippen LogP contribution in [0.3, 0.4) is 0 Å². The van der Waals surface area contributed by atoms with Crippen molar-refractivity contribution >= 4 is 17.8 Å². The molecule has 1 saturated heterocycles. The van der Waals surface area contributed by atoms with Gasteiger partial charge in [0.05, 0.1) is 5.92 Å². The first-order valence-electron chi connectivity index (χ1n) is 7.73. The Kier molecular flexibility index (Phi) is 6.65. The van der Waals surface area contributed by atoms with Gasteiger partial charge >= 0.3 is 5.97 Å². The molecule has 6 heteroatoms. The number of nitrogens with one attached hydrogen (secondary N) is 1. The Morgan fingerprint density at radius 3 is 2.48 bits per heavy atom. The van der Waals surface area contributed by atoms with E-state index in [0.717, 1.165) is 12.8 Å². The highest BCUT2D eigenvalue weighted by atomic mass is 16.4. The molecule has 6 nitrogen and oxygen atoms in total. The van der Waals surface area contributed by atoms with Gasteiger partial charge in [-0.05, 0) is 19.8 Å². The standard InChI is InChI=1S/C15H26N2O4/c1-4-6-10(3)17-9-11(8-13(17)18)14(19)16-12(7-5-2)15(20)21/h10-12H,4-9H2,1-3H3,(H,16,19)(H,20,21). The van der Waals surface area contributed by atoms with Gasteiger partial charge in [0.25, 0.3) is 0 Å². The molecule has 120 valence electrons. The third-order valence-electron chi connectivity index (χ3n) is 3.96. The Morgan fingerprint density at radius 2 is 1.95 bits per heavy atom. The average molecular weight is 298 g/mol. The van der Waals surface area contributed by atoms with E-state index in [9.17, 15) is 14.4 Å². The fourth-order valence-corrected chi connectivity index (χ4v) is 2.74. The maximum atomic E-state index is 12.2. The molecule has 0 bridgehead atoms. The Balaban J connectivity index is 2.60. The van der Waals surface area contributed by atoms with Gasteiger partial charge in [-0.1, -0.05) is 26.7 Å². The second-order valence-electron chi connectivity index (χ2n) is 5.77. The second kappa shape index (κ2) is 8.00. The molecule has 2 amide bonds. The number of likely N-dealkylation sites (tertiary alicyclic amines) is 1. The molecule has 3 unspecified atom stereocenters. The van der Waals surface area contributed by atoms with E-state index < -0.39 is 17.9 Å². The maximum absolute atomic E-state index is 12.2. The molecule has 0 aliphatic carbocycles. The summed E-state index contributed by atoms with van der Waals surface area (Å²) in [7, 11) is 0. The summed E-state index contributed by atoms with van der Waals surface area (Å²) >= 11 is 0. The molecular weight excluding hydrogens is 272 g/mol. The normalized spacial score (nSPS) is 21.2. The summed E-state index contributed by atoms with van der Waals surface area (Å²) in [4.78, 5) is 36.9. The average Bonchev–Trinajstić information content (AvgIpc) is 2.80. The van der Waals surface area contributed by atoms with Crippen LogP contribution in [0.15, 0.2) is 0 Å². The van der Waals surface area contributed by atoms with Crippen molar-refractivity contribution in [2.75, 3.05) is 6.54 Å². The summed E-state index contributed by atoms with van der Waals surface area (Å²) in [5.74, 6) is -1.80. The first-order valence-corrected chi connectivity index (χ1v) is 7.73. The molecule has 0 saturated carbocycles. The lowest BCUT2D eigenvalue weighted by Crippen LogP contribution is -2.44. The summed E-state index contributed by atoms with van der Waals surface area (Å²) in [6, 6.07) is -0.731. The van der Waals surface area contributed by atoms with Gasteiger partial charge in [0.2, 0.25) is 11.8 Å². The summed E-state index contributed by atoms with van der Waals surface area (Å²) in [6.45, 7) is 6.31. The number of carbonyl (C=O) groups is 3. The monoisotopic (exact) mass is 298 g/mol. The predicted octanol–water partition coefficient (Wildman–Crippen LogP) is 1.39. The number of rotatable bonds is 8. The minimum absolute atomic E-state index is 0.0153. The first kappa shape index (κ1) is 17.5. The lowest BCUT2D eigenvalue weighted by molar-refractivity contribution is -0.142. The van der Waals surface area contributed by atoms with Crippen molar-refractivity contribution < 1.29 is 19.5 Å². The molecule has 0 radical (unpaired) electrons. The second-order valence-corrected chi connectivity index (χ2v) is 5.77. The van der Waals surface area contributed by atoms with E-state index in [-0.39, 0.29) is 24.3 Å². The van der Waals surface area contributed by atoms with E-state index >= 15 is 0 Å². The van der Waals surface area contributed by atoms with Crippen LogP contribution in [0.4, 0.5) is 0 Å². The predicted molar refractivity (Wildman–Crippen MR) is 78.7 cm³/mol. The first-order chi connectivity index (χ1) is 9.90. The van der Waals surface area contributed by atoms with Gasteiger partial charge in [-0.25, -0.2) is 4.79 Å². The van der Waals surface area contributed by atoms with Gasteiger partial charge in [0, 0.05) is 19.0 Å². The molecule has 2 N–H and O–H groups in total. The van der Waals surface area contributed by atoms with Crippen LogP contribution in [0.25, 0.3) is 0 Å². The number of nitrogens with zero attached hydrogens (tertiary/aromatic N) is 1. The molecule has 1 aliphatic heterocycles. The van der Waals surface area contributed by atoms with Crippen molar-refractivity contribution in [3.63, 3.8) is 0 Å². The van der Waals surface area contributed by atoms with Crippen molar-refractivity contribution in [3.8, 4) is 0 Å². The molecule has 3 atom stereocenters. The molecule has 0 aromatic rings. The number of hydrogen-bond acceptors (Lipinski definition) is 3. The third kappa shape index (κ3) is 4.72. The number of carboxylic acids is 1. The van der Waals surface area contributed by atoms with Crippen LogP contribution < -0.4 is 5.32 Å². The fraction of sp³-hybridized carbons (Fsp3) is 0.800. The van der Waals surface area contributed by atoms with Gasteiger partial charge in [0.1, 0.15) is 6.04 Å². The quantitative estimate of drug-likeness (QED) is 0.709. The summed E-state index contributed by atoms with van der Waals surface area (Å²) in [5, 5.41) is 11.6. The Hall–Kier alpha value is -1.59. The van der Waals surface area contributed by atoms with Crippen LogP contribution >= 0.6 is 0 Å². The van der Waals surface area contributed by atoms with Crippen LogP contribution in [0.5, 0.6) is 0 Å². The number of aliphatic carboxylic acids is 1. The van der Waals surface area contributed by atoms with E-state index in [2.05, 4.69) is 12.2 Å². The van der Waals surface area contributed by atoms with Gasteiger partial charge < -0.3 is 15.3 Å². The molecule has 0 aromatic carbocycles. The number of hydrogen-bond donors (Lipinski definition) is 2. The van der Waals surface area contributed by atoms with Crippen LogP contribution in [-0.4, -0.2) is 46.4 Å². The van der Waals surface area contributed by atoms with Crippen LogP contribution in [-0.2, 0) is 14.4 Å². The van der Waals surface area contributed by atoms with E-state index in [1.807, 2.05) is 13.8 Å². The highest BCUT2D eigenvalue weighted by Crippen LogP contribution is 2.22. The van der Waals surface area contributed by atoms with E-state index in [1.54, 1.807) is 4.90 Å². The van der Waals surface area contributed by atoms with E-state index in [0.29, 0.717) is 19.4 Å². The molecule has 1 aliphatic rings. The van der Waals surface area contributed by atoms with Gasteiger partial charge in [-0.2, -0.15) is 0 Å². The van der Waals surface area contributed by atoms with Crippen molar-refractivity contribution in [3.05, 3.63) is 0 Å². The zero-order valence-electron chi connectivity index (χ0n) is 13.1. The zero-order valence-corrected chi connectivity index (χ0v) is 13.1. The Morgan fingerprint density at radius 1 is 1.33 bits per heavy atom. The van der Waals surface area contributed by atoms with Crippen molar-refractivity contribution in [2.24, 2.45) is 5.92 Å². The summed E-state index contributed by atoms with van der Waals surface area (Å²) in [5.41, 5.74) is 0. The largest absolute Gasteiger partial charge is 0.480 e. The Labute approximate surface area is 125 Å². The molecule has 1 fully saturated rings. The summed E-state index contributed by atoms with van der Waals surface area (Å²) < 4.78 is 0. The minimum Gasteiger partial charge on any atom is -0.480 e. The SMILES string of the molecule is CCCC(NC(=O)C1CC(=O)N(C(C)CCC)C1)C(=O)O. The lowest BCUT2D eigenvalue weighted by atomic mass is 10.1. The third-order valence-corrected chi connectivity index (χ3v) is 3.96. The van der Waals surface area contributed by atoms with Crippen molar-refractivity contribution in [2.45, 2.75) is 65.0 Å². The fourth-order valence-electron chi connectivity index (χ4n) is 2.74. The van der Waals surface area contributed by atoms with Crippen LogP contribution in [0, 0.1) is 5.92 Å². The zero-order chi connectivity index (χ0) is 16.0. The number of carbonyl (C=O) groups excluding carboxylic acids is 2. The molecule has 1 heterocycles. The summed E-state index contributed by atoms with van der Waals surface area (Å²) in [6.07, 6.45) is 3.16.